The summed E-state index contributed by atoms with van der Waals surface area (Å²) >= 11 is 0. The number of likely N-dealkylation sites (tertiary alicyclic amines) is 1. The minimum atomic E-state index is -0.635. The van der Waals surface area contributed by atoms with Gasteiger partial charge in [-0.15, -0.1) is 0 Å². The van der Waals surface area contributed by atoms with E-state index in [0.717, 1.165) is 6.54 Å². The van der Waals surface area contributed by atoms with Crippen molar-refractivity contribution in [2.45, 2.75) is 71.8 Å². The monoisotopic (exact) mass is 825 g/mol. The molecule has 2 atom stereocenters. The Balaban J connectivity index is 1.14. The smallest absolute Gasteiger partial charge is 0.276 e. The number of nitrogens with zero attached hydrogens (tertiary/aromatic N) is 8. The van der Waals surface area contributed by atoms with Crippen LogP contribution in [0.25, 0.3) is 22.1 Å². The highest BCUT2D eigenvalue weighted by Crippen LogP contribution is 2.37. The molecule has 1 unspecified atom stereocenters. The van der Waals surface area contributed by atoms with Crippen molar-refractivity contribution in [2.24, 2.45) is 23.1 Å². The van der Waals surface area contributed by atoms with Crippen molar-refractivity contribution in [1.82, 2.24) is 38.7 Å². The summed E-state index contributed by atoms with van der Waals surface area (Å²) in [7, 11) is 1.73. The van der Waals surface area contributed by atoms with E-state index in [4.69, 9.17) is 36.6 Å². The van der Waals surface area contributed by atoms with Crippen molar-refractivity contribution in [1.29, 1.82) is 0 Å². The second kappa shape index (κ2) is 16.9. The number of carbonyl (C=O) groups excluding carboxylic acids is 4. The maximum atomic E-state index is 13.8. The van der Waals surface area contributed by atoms with Crippen molar-refractivity contribution < 1.29 is 28.7 Å². The van der Waals surface area contributed by atoms with E-state index >= 15 is 0 Å². The fourth-order valence-electron chi connectivity index (χ4n) is 8.42. The molecule has 320 valence electrons. The summed E-state index contributed by atoms with van der Waals surface area (Å²) in [5.41, 5.74) is 20.8. The average Bonchev–Trinajstić information content (AvgIpc) is 3.89. The molecule has 0 radical (unpaired) electrons. The Morgan fingerprint density at radius 3 is 2.35 bits per heavy atom. The molecule has 0 saturated carbocycles. The molecule has 4 amide bonds. The van der Waals surface area contributed by atoms with Gasteiger partial charge in [0.15, 0.2) is 0 Å². The molecular weight excluding hydrogens is 771 g/mol. The zero-order valence-corrected chi connectivity index (χ0v) is 35.0. The van der Waals surface area contributed by atoms with Gasteiger partial charge in [0.25, 0.3) is 5.91 Å². The molecule has 8 N–H and O–H groups in total. The topological polar surface area (TPSA) is 249 Å². The summed E-state index contributed by atoms with van der Waals surface area (Å²) in [5.74, 6) is -0.335. The first-order chi connectivity index (χ1) is 28.6. The molecule has 19 heteroatoms. The predicted octanol–water partition coefficient (Wildman–Crippen LogP) is 2.52. The molecule has 2 saturated heterocycles. The number of benzene rings is 2. The maximum Gasteiger partial charge on any atom is 0.276 e. The van der Waals surface area contributed by atoms with Crippen molar-refractivity contribution in [3.63, 3.8) is 0 Å². The van der Waals surface area contributed by atoms with Gasteiger partial charge in [0, 0.05) is 50.9 Å². The van der Waals surface area contributed by atoms with Gasteiger partial charge in [-0.3, -0.25) is 43.2 Å². The number of carbonyl (C=O) groups is 4. The number of anilines is 2. The Morgan fingerprint density at radius 2 is 1.67 bits per heavy atom. The third-order valence-corrected chi connectivity index (χ3v) is 11.1. The molecular formula is C41H55N13O6. The Hall–Kier alpha value is -6.05. The minimum absolute atomic E-state index is 0.0210. The molecule has 7 rings (SSSR count). The van der Waals surface area contributed by atoms with Crippen LogP contribution in [0.3, 0.4) is 0 Å². The van der Waals surface area contributed by atoms with Gasteiger partial charge in [-0.05, 0) is 75.9 Å². The Morgan fingerprint density at radius 1 is 0.950 bits per heavy atom. The number of amides is 4. The first-order valence-electron chi connectivity index (χ1n) is 20.4. The lowest BCUT2D eigenvalue weighted by Crippen LogP contribution is -2.71. The summed E-state index contributed by atoms with van der Waals surface area (Å²) in [6, 6.07) is 9.33. The Kier molecular flexibility index (Phi) is 11.9. The number of morpholine rings is 1. The second-order valence-corrected chi connectivity index (χ2v) is 16.1. The molecule has 5 heterocycles. The van der Waals surface area contributed by atoms with Gasteiger partial charge in [0.1, 0.15) is 28.7 Å². The maximum absolute atomic E-state index is 13.8. The van der Waals surface area contributed by atoms with Gasteiger partial charge in [0.2, 0.25) is 29.6 Å². The van der Waals surface area contributed by atoms with Crippen LogP contribution < -0.4 is 32.6 Å². The minimum Gasteiger partial charge on any atom is -0.491 e. The van der Waals surface area contributed by atoms with E-state index < -0.39 is 35.5 Å². The lowest BCUT2D eigenvalue weighted by molar-refractivity contribution is -0.189. The highest BCUT2D eigenvalue weighted by atomic mass is 16.5. The third-order valence-electron chi connectivity index (χ3n) is 11.1. The quantitative estimate of drug-likeness (QED) is 0.0901. The van der Waals surface area contributed by atoms with Gasteiger partial charge in [-0.1, -0.05) is 13.8 Å². The molecule has 3 aromatic heterocycles. The van der Waals surface area contributed by atoms with E-state index in [0.29, 0.717) is 110 Å². The van der Waals surface area contributed by atoms with Gasteiger partial charge >= 0.3 is 0 Å². The number of fused-ring (bicyclic) bond motifs is 2. The molecule has 5 aromatic rings. The number of hydrogen-bond acceptors (Lipinski definition) is 12. The molecule has 0 bridgehead atoms. The van der Waals surface area contributed by atoms with Gasteiger partial charge < -0.3 is 36.9 Å². The van der Waals surface area contributed by atoms with Crippen LogP contribution in [-0.2, 0) is 16.1 Å². The van der Waals surface area contributed by atoms with E-state index in [1.807, 2.05) is 34.8 Å². The molecule has 2 aliphatic rings. The molecule has 2 aliphatic heterocycles. The van der Waals surface area contributed by atoms with Crippen molar-refractivity contribution >= 4 is 57.6 Å². The number of nitrogens with one attached hydrogen (secondary N) is 2. The number of nitrogens with two attached hydrogens (primary N) is 3. The lowest BCUT2D eigenvalue weighted by Gasteiger charge is -2.54. The Bertz CT molecular complexity index is 2450. The number of imidazole rings is 2. The predicted molar refractivity (Wildman–Crippen MR) is 226 cm³/mol. The zero-order chi connectivity index (χ0) is 43.0. The summed E-state index contributed by atoms with van der Waals surface area (Å²) in [6.07, 6.45) is 0.669. The lowest BCUT2D eigenvalue weighted by atomic mass is 9.91. The average molecular weight is 826 g/mol. The normalized spacial score (nSPS) is 16.3. The third kappa shape index (κ3) is 8.24. The van der Waals surface area contributed by atoms with Crippen LogP contribution in [-0.4, -0.2) is 127 Å². The van der Waals surface area contributed by atoms with E-state index in [-0.39, 0.29) is 23.0 Å². The molecule has 19 nitrogen and oxygen atoms in total. The molecule has 60 heavy (non-hydrogen) atoms. The number of primary amides is 2. The van der Waals surface area contributed by atoms with Crippen LogP contribution in [0.5, 0.6) is 5.75 Å². The molecule has 2 fully saturated rings. The molecule has 1 spiro atoms. The van der Waals surface area contributed by atoms with Crippen LogP contribution in [0.2, 0.25) is 0 Å². The van der Waals surface area contributed by atoms with E-state index in [2.05, 4.69) is 34.5 Å². The van der Waals surface area contributed by atoms with E-state index in [1.54, 1.807) is 48.1 Å². The fourth-order valence-corrected chi connectivity index (χ4v) is 8.42. The zero-order valence-electron chi connectivity index (χ0n) is 35.0. The summed E-state index contributed by atoms with van der Waals surface area (Å²) < 4.78 is 18.0. The SMILES string of the molecule is CCn1nc(C)cc1C(=O)Nc1nc2cc(C(N)=O)ccc2n1C(C)n1c(NC)nc2cc(C(N)=O)cc(OCCCN3CC4(C3)CN(C(=O)[C@@H](N)CC(C)C)CCO4)c21. The summed E-state index contributed by atoms with van der Waals surface area (Å²) in [4.78, 5) is 65.3. The van der Waals surface area contributed by atoms with E-state index in [1.165, 1.54) is 0 Å². The number of aryl methyl sites for hydroxylation is 2. The highest BCUT2D eigenvalue weighted by Gasteiger charge is 2.48. The van der Waals surface area contributed by atoms with Crippen LogP contribution in [0.1, 0.15) is 83.6 Å². The van der Waals surface area contributed by atoms with Crippen LogP contribution >= 0.6 is 0 Å². The highest BCUT2D eigenvalue weighted by molar-refractivity contribution is 6.04. The number of ether oxygens (including phenoxy) is 2. The van der Waals surface area contributed by atoms with Crippen molar-refractivity contribution in [3.05, 3.63) is 58.9 Å². The second-order valence-electron chi connectivity index (χ2n) is 16.1. The number of hydrogen-bond donors (Lipinski definition) is 5. The van der Waals surface area contributed by atoms with Gasteiger partial charge in [-0.25, -0.2) is 9.97 Å². The number of rotatable bonds is 16. The van der Waals surface area contributed by atoms with Crippen LogP contribution in [0, 0.1) is 12.8 Å². The van der Waals surface area contributed by atoms with Crippen molar-refractivity contribution in [2.75, 3.05) is 63.6 Å². The van der Waals surface area contributed by atoms with Crippen molar-refractivity contribution in [3.8, 4) is 5.75 Å². The number of aromatic nitrogens is 6. The first-order valence-corrected chi connectivity index (χ1v) is 20.4. The summed E-state index contributed by atoms with van der Waals surface area (Å²) in [5, 5.41) is 10.6. The molecule has 2 aromatic carbocycles. The molecule has 0 aliphatic carbocycles. The standard InChI is InChI=1S/C41H55N13O6/c1-7-52-32(16-24(4)49-52)37(57)48-40-46-29-17-26(35(43)55)9-10-31(29)53(40)25(5)54-34-30(47-39(54)45-6)18-27(36(44)56)19-33(34)59-13-8-11-50-20-41(21-50)22-51(12-14-60-41)38(58)28(42)15-23(2)3/h9-10,16-19,23,25,28H,7-8,11-15,20-22,42H2,1-6H3,(H2,43,55)(H2,44,56)(H,45,47)(H,46,48,57)/t25?,28-/m0/s1. The van der Waals surface area contributed by atoms with Crippen LogP contribution in [0.15, 0.2) is 36.4 Å². The summed E-state index contributed by atoms with van der Waals surface area (Å²) in [6.45, 7) is 14.2. The van der Waals surface area contributed by atoms with Crippen LogP contribution in [0.4, 0.5) is 11.9 Å². The first kappa shape index (κ1) is 42.1. The largest absolute Gasteiger partial charge is 0.491 e. The van der Waals surface area contributed by atoms with Gasteiger partial charge in [-0.2, -0.15) is 5.10 Å². The van der Waals surface area contributed by atoms with E-state index in [9.17, 15) is 19.2 Å². The fraction of sp³-hybridized carbons (Fsp3) is 0.488. The Labute approximate surface area is 347 Å². The van der Waals surface area contributed by atoms with Gasteiger partial charge in [0.05, 0.1) is 48.0 Å².